The summed E-state index contributed by atoms with van der Waals surface area (Å²) in [6.45, 7) is 7.26. The highest BCUT2D eigenvalue weighted by Crippen LogP contribution is 2.25. The van der Waals surface area contributed by atoms with Gasteiger partial charge in [0.25, 0.3) is 0 Å². The number of rotatable bonds is 8. The fourth-order valence-electron chi connectivity index (χ4n) is 2.97. The molecule has 136 valence electrons. The van der Waals surface area contributed by atoms with Crippen molar-refractivity contribution in [3.8, 4) is 22.3 Å². The second-order valence-electron chi connectivity index (χ2n) is 6.51. The van der Waals surface area contributed by atoms with Crippen molar-refractivity contribution >= 4 is 6.08 Å². The fraction of sp³-hybridized carbons (Fsp3) is 0.154. The standard InChI is InChI=1S/C26H26O/c1-3-5-6-19-27-20-22-9-13-24(14-10-22)26-17-15-25(16-18-26)23-11-7-21(4-2)8-12-23/h3-5,7-18H,2,6,19-20H2,1H3/b5-3+. The Balaban J connectivity index is 1.63. The van der Waals surface area contributed by atoms with E-state index in [-0.39, 0.29) is 0 Å². The predicted molar refractivity (Wildman–Crippen MR) is 116 cm³/mol. The molecule has 0 saturated heterocycles. The molecular weight excluding hydrogens is 328 g/mol. The zero-order valence-electron chi connectivity index (χ0n) is 15.9. The van der Waals surface area contributed by atoms with Gasteiger partial charge in [-0.15, -0.1) is 0 Å². The first-order valence-corrected chi connectivity index (χ1v) is 9.41. The van der Waals surface area contributed by atoms with Gasteiger partial charge in [-0.25, -0.2) is 0 Å². The van der Waals surface area contributed by atoms with Gasteiger partial charge in [0.1, 0.15) is 0 Å². The van der Waals surface area contributed by atoms with E-state index in [9.17, 15) is 0 Å². The van der Waals surface area contributed by atoms with Gasteiger partial charge >= 0.3 is 0 Å². The van der Waals surface area contributed by atoms with E-state index in [1.807, 2.05) is 13.0 Å². The summed E-state index contributed by atoms with van der Waals surface area (Å²) in [6.07, 6.45) is 7.02. The number of allylic oxidation sites excluding steroid dienone is 1. The summed E-state index contributed by atoms with van der Waals surface area (Å²) in [5.74, 6) is 0. The van der Waals surface area contributed by atoms with Gasteiger partial charge < -0.3 is 4.74 Å². The average molecular weight is 354 g/mol. The Labute approximate surface area is 162 Å². The van der Waals surface area contributed by atoms with E-state index in [1.165, 1.54) is 27.8 Å². The maximum atomic E-state index is 5.69. The molecule has 0 spiro atoms. The Morgan fingerprint density at radius 3 is 1.70 bits per heavy atom. The number of hydrogen-bond acceptors (Lipinski definition) is 1. The summed E-state index contributed by atoms with van der Waals surface area (Å²) in [6, 6.07) is 25.8. The third kappa shape index (κ3) is 5.29. The van der Waals surface area contributed by atoms with Gasteiger partial charge in [0, 0.05) is 0 Å². The van der Waals surface area contributed by atoms with Gasteiger partial charge in [0.15, 0.2) is 0 Å². The van der Waals surface area contributed by atoms with E-state index < -0.39 is 0 Å². The van der Waals surface area contributed by atoms with Gasteiger partial charge in [-0.1, -0.05) is 97.6 Å². The van der Waals surface area contributed by atoms with Crippen LogP contribution in [0.15, 0.2) is 91.5 Å². The van der Waals surface area contributed by atoms with Crippen LogP contribution in [0.3, 0.4) is 0 Å². The summed E-state index contributed by atoms with van der Waals surface area (Å²) in [5.41, 5.74) is 7.24. The van der Waals surface area contributed by atoms with Crippen LogP contribution in [-0.2, 0) is 11.3 Å². The lowest BCUT2D eigenvalue weighted by Gasteiger charge is -2.07. The second-order valence-corrected chi connectivity index (χ2v) is 6.51. The van der Waals surface area contributed by atoms with Crippen molar-refractivity contribution in [2.75, 3.05) is 6.61 Å². The molecule has 0 bridgehead atoms. The molecule has 3 rings (SSSR count). The zero-order chi connectivity index (χ0) is 18.9. The molecular formula is C26H26O. The molecule has 0 fully saturated rings. The van der Waals surface area contributed by atoms with E-state index in [1.54, 1.807) is 0 Å². The third-order valence-corrected chi connectivity index (χ3v) is 4.59. The first-order chi connectivity index (χ1) is 13.3. The summed E-state index contributed by atoms with van der Waals surface area (Å²) in [7, 11) is 0. The predicted octanol–water partition coefficient (Wildman–Crippen LogP) is 7.15. The molecule has 0 aliphatic rings. The van der Waals surface area contributed by atoms with Crippen molar-refractivity contribution in [2.45, 2.75) is 20.0 Å². The van der Waals surface area contributed by atoms with Crippen LogP contribution in [0.25, 0.3) is 28.3 Å². The summed E-state index contributed by atoms with van der Waals surface area (Å²) < 4.78 is 5.69. The molecule has 1 heteroatoms. The van der Waals surface area contributed by atoms with Gasteiger partial charge in [0.05, 0.1) is 13.2 Å². The van der Waals surface area contributed by atoms with Crippen molar-refractivity contribution in [1.29, 1.82) is 0 Å². The van der Waals surface area contributed by atoms with E-state index in [0.29, 0.717) is 6.61 Å². The van der Waals surface area contributed by atoms with Crippen molar-refractivity contribution in [3.63, 3.8) is 0 Å². The largest absolute Gasteiger partial charge is 0.376 e. The molecule has 0 atom stereocenters. The normalized spacial score (nSPS) is 11.0. The van der Waals surface area contributed by atoms with E-state index in [2.05, 4.69) is 91.5 Å². The molecule has 1 nitrogen and oxygen atoms in total. The molecule has 0 N–H and O–H groups in total. The van der Waals surface area contributed by atoms with Crippen molar-refractivity contribution in [2.24, 2.45) is 0 Å². The lowest BCUT2D eigenvalue weighted by molar-refractivity contribution is 0.125. The molecule has 0 saturated carbocycles. The highest BCUT2D eigenvalue weighted by atomic mass is 16.5. The number of benzene rings is 3. The lowest BCUT2D eigenvalue weighted by atomic mass is 9.99. The molecule has 3 aromatic carbocycles. The Kier molecular flexibility index (Phi) is 6.78. The van der Waals surface area contributed by atoms with Crippen molar-refractivity contribution in [1.82, 2.24) is 0 Å². The topological polar surface area (TPSA) is 9.23 Å². The van der Waals surface area contributed by atoms with Gasteiger partial charge in [-0.2, -0.15) is 0 Å². The molecule has 0 aliphatic carbocycles. The van der Waals surface area contributed by atoms with Crippen molar-refractivity contribution in [3.05, 3.63) is 103 Å². The minimum atomic E-state index is 0.664. The maximum absolute atomic E-state index is 5.69. The maximum Gasteiger partial charge on any atom is 0.0717 e. The Bertz CT molecular complexity index is 869. The first kappa shape index (κ1) is 18.9. The van der Waals surface area contributed by atoms with Crippen LogP contribution in [0.2, 0.25) is 0 Å². The molecule has 0 aliphatic heterocycles. The zero-order valence-corrected chi connectivity index (χ0v) is 15.9. The molecule has 0 amide bonds. The van der Waals surface area contributed by atoms with E-state index >= 15 is 0 Å². The van der Waals surface area contributed by atoms with Crippen LogP contribution >= 0.6 is 0 Å². The smallest absolute Gasteiger partial charge is 0.0717 e. The minimum absolute atomic E-state index is 0.664. The van der Waals surface area contributed by atoms with Crippen LogP contribution in [0.1, 0.15) is 24.5 Å². The highest BCUT2D eigenvalue weighted by Gasteiger charge is 2.01. The van der Waals surface area contributed by atoms with Crippen LogP contribution in [0.4, 0.5) is 0 Å². The Morgan fingerprint density at radius 1 is 0.741 bits per heavy atom. The molecule has 0 aromatic heterocycles. The molecule has 0 heterocycles. The minimum Gasteiger partial charge on any atom is -0.376 e. The van der Waals surface area contributed by atoms with Crippen LogP contribution < -0.4 is 0 Å². The molecule has 3 aromatic rings. The monoisotopic (exact) mass is 354 g/mol. The summed E-state index contributed by atoms with van der Waals surface area (Å²) in [5, 5.41) is 0. The quantitative estimate of drug-likeness (QED) is 0.308. The van der Waals surface area contributed by atoms with E-state index in [4.69, 9.17) is 4.74 Å². The number of hydrogen-bond donors (Lipinski definition) is 0. The van der Waals surface area contributed by atoms with Gasteiger partial charge in [-0.3, -0.25) is 0 Å². The molecule has 27 heavy (non-hydrogen) atoms. The second kappa shape index (κ2) is 9.70. The molecule has 0 radical (unpaired) electrons. The van der Waals surface area contributed by atoms with Crippen LogP contribution in [0, 0.1) is 0 Å². The molecule has 0 unspecified atom stereocenters. The third-order valence-electron chi connectivity index (χ3n) is 4.59. The summed E-state index contributed by atoms with van der Waals surface area (Å²) >= 11 is 0. The van der Waals surface area contributed by atoms with Gasteiger partial charge in [-0.05, 0) is 46.7 Å². The SMILES string of the molecule is C=Cc1ccc(-c2ccc(-c3ccc(COCC/C=C/C)cc3)cc2)cc1. The van der Waals surface area contributed by atoms with Crippen LogP contribution in [-0.4, -0.2) is 6.61 Å². The number of ether oxygens (including phenoxy) is 1. The van der Waals surface area contributed by atoms with Crippen LogP contribution in [0.5, 0.6) is 0 Å². The lowest BCUT2D eigenvalue weighted by Crippen LogP contribution is -1.94. The van der Waals surface area contributed by atoms with E-state index in [0.717, 1.165) is 18.6 Å². The Morgan fingerprint density at radius 2 is 1.22 bits per heavy atom. The summed E-state index contributed by atoms with van der Waals surface area (Å²) in [4.78, 5) is 0. The van der Waals surface area contributed by atoms with Crippen molar-refractivity contribution < 1.29 is 4.74 Å². The highest BCUT2D eigenvalue weighted by molar-refractivity contribution is 5.71. The Hall–Kier alpha value is -2.90. The average Bonchev–Trinajstić information content (AvgIpc) is 2.74. The fourth-order valence-corrected chi connectivity index (χ4v) is 2.97. The first-order valence-electron chi connectivity index (χ1n) is 9.41. The van der Waals surface area contributed by atoms with Gasteiger partial charge in [0.2, 0.25) is 0 Å².